The summed E-state index contributed by atoms with van der Waals surface area (Å²) in [6, 6.07) is 21.3. The van der Waals surface area contributed by atoms with Crippen molar-refractivity contribution in [2.45, 2.75) is 6.92 Å². The third-order valence-corrected chi connectivity index (χ3v) is 5.30. The highest BCUT2D eigenvalue weighted by atomic mass is 16.4. The lowest BCUT2D eigenvalue weighted by atomic mass is 10.0. The quantitative estimate of drug-likeness (QED) is 0.592. The van der Waals surface area contributed by atoms with Crippen LogP contribution in [-0.2, 0) is 9.59 Å². The van der Waals surface area contributed by atoms with E-state index in [2.05, 4.69) is 77.4 Å². The number of piperazine rings is 1. The van der Waals surface area contributed by atoms with Gasteiger partial charge in [0.25, 0.3) is 0 Å². The number of aromatic nitrogens is 1. The van der Waals surface area contributed by atoms with Crippen molar-refractivity contribution in [1.82, 2.24) is 9.88 Å². The Hall–Kier alpha value is -3.71. The molecule has 0 atom stereocenters. The van der Waals surface area contributed by atoms with E-state index in [1.165, 1.54) is 16.5 Å². The van der Waals surface area contributed by atoms with E-state index in [0.717, 1.165) is 44.1 Å². The van der Waals surface area contributed by atoms with Crippen LogP contribution in [0.15, 0.2) is 72.8 Å². The summed E-state index contributed by atoms with van der Waals surface area (Å²) in [6.45, 7) is 7.70. The normalized spacial score (nSPS) is 14.2. The van der Waals surface area contributed by atoms with Crippen LogP contribution >= 0.6 is 0 Å². The summed E-state index contributed by atoms with van der Waals surface area (Å²) in [5.41, 5.74) is 3.60. The van der Waals surface area contributed by atoms with Crippen LogP contribution < -0.4 is 4.90 Å². The second-order valence-electron chi connectivity index (χ2n) is 7.34. The van der Waals surface area contributed by atoms with E-state index < -0.39 is 11.9 Å². The highest BCUT2D eigenvalue weighted by molar-refractivity contribution is 5.96. The number of para-hydroxylation sites is 1. The number of carboxylic acids is 2. The maximum atomic E-state index is 9.55. The van der Waals surface area contributed by atoms with Gasteiger partial charge in [-0.05, 0) is 29.8 Å². The van der Waals surface area contributed by atoms with E-state index in [1.807, 2.05) is 0 Å². The summed E-state index contributed by atoms with van der Waals surface area (Å²) in [5, 5.41) is 16.8. The zero-order valence-electron chi connectivity index (χ0n) is 18.0. The highest BCUT2D eigenvalue weighted by Gasteiger charge is 2.18. The minimum Gasteiger partial charge on any atom is -0.478 e. The second-order valence-corrected chi connectivity index (χ2v) is 7.34. The molecule has 7 nitrogen and oxygen atoms in total. The third kappa shape index (κ3) is 6.15. The summed E-state index contributed by atoms with van der Waals surface area (Å²) in [4.78, 5) is 29.0. The van der Waals surface area contributed by atoms with Gasteiger partial charge in [0.2, 0.25) is 0 Å². The molecule has 0 aliphatic carbocycles. The first kappa shape index (κ1) is 23.0. The van der Waals surface area contributed by atoms with E-state index in [4.69, 9.17) is 15.2 Å². The van der Waals surface area contributed by atoms with E-state index >= 15 is 0 Å². The van der Waals surface area contributed by atoms with Crippen molar-refractivity contribution in [3.8, 4) is 11.1 Å². The molecule has 1 saturated heterocycles. The Kier molecular flexibility index (Phi) is 7.94. The van der Waals surface area contributed by atoms with Gasteiger partial charge < -0.3 is 20.0 Å². The zero-order valence-corrected chi connectivity index (χ0v) is 18.0. The number of fused-ring (bicyclic) bond motifs is 1. The van der Waals surface area contributed by atoms with Gasteiger partial charge in [0.05, 0.1) is 5.52 Å². The lowest BCUT2D eigenvalue weighted by molar-refractivity contribution is -0.134. The third-order valence-electron chi connectivity index (χ3n) is 5.30. The molecule has 0 unspecified atom stereocenters. The molecule has 3 aromatic rings. The van der Waals surface area contributed by atoms with Crippen molar-refractivity contribution in [3.63, 3.8) is 0 Å². The fraction of sp³-hybridized carbons (Fsp3) is 0.240. The van der Waals surface area contributed by atoms with Gasteiger partial charge in [-0.25, -0.2) is 14.6 Å². The SMILES string of the molecule is CCN1CCN(c2cc(-c3ccccc3)c3ccccc3n2)CC1.O=C(O)/C=C\C(=O)O. The first-order chi connectivity index (χ1) is 15.5. The predicted octanol–water partition coefficient (Wildman–Crippen LogP) is 3.76. The number of carboxylic acid groups (broad SMARTS) is 2. The standard InChI is InChI=1S/C21H23N3.C4H4O4/c1-2-23-12-14-24(15-13-23)21-16-19(17-8-4-3-5-9-17)18-10-6-7-11-20(18)22-21;5-3(6)1-2-4(7)8/h3-11,16H,2,12-15H2,1H3;1-2H,(H,5,6)(H,7,8)/b;2-1-. The molecule has 0 saturated carbocycles. The lowest BCUT2D eigenvalue weighted by Gasteiger charge is -2.35. The fourth-order valence-corrected chi connectivity index (χ4v) is 3.62. The first-order valence-corrected chi connectivity index (χ1v) is 10.5. The topological polar surface area (TPSA) is 94.0 Å². The van der Waals surface area contributed by atoms with Crippen LogP contribution in [0.3, 0.4) is 0 Å². The smallest absolute Gasteiger partial charge is 0.328 e. The number of likely N-dealkylation sites (N-methyl/N-ethyl adjacent to an activating group) is 1. The molecule has 2 aromatic carbocycles. The Morgan fingerprint density at radius 2 is 1.50 bits per heavy atom. The second kappa shape index (κ2) is 11.1. The Labute approximate surface area is 187 Å². The van der Waals surface area contributed by atoms with E-state index in [-0.39, 0.29) is 0 Å². The number of nitrogens with zero attached hydrogens (tertiary/aromatic N) is 3. The van der Waals surface area contributed by atoms with Gasteiger partial charge in [0.1, 0.15) is 5.82 Å². The number of benzene rings is 2. The number of hydrogen-bond acceptors (Lipinski definition) is 5. The number of pyridine rings is 1. The molecule has 0 bridgehead atoms. The molecule has 1 aliphatic rings. The maximum Gasteiger partial charge on any atom is 0.328 e. The summed E-state index contributed by atoms with van der Waals surface area (Å²) >= 11 is 0. The Morgan fingerprint density at radius 1 is 0.906 bits per heavy atom. The van der Waals surface area contributed by atoms with Crippen molar-refractivity contribution in [2.75, 3.05) is 37.6 Å². The van der Waals surface area contributed by atoms with Crippen molar-refractivity contribution in [2.24, 2.45) is 0 Å². The number of rotatable bonds is 5. The molecule has 0 spiro atoms. The Morgan fingerprint density at radius 3 is 2.09 bits per heavy atom. The Bertz CT molecular complexity index is 1070. The van der Waals surface area contributed by atoms with Gasteiger partial charge in [-0.1, -0.05) is 55.5 Å². The minimum absolute atomic E-state index is 0.558. The van der Waals surface area contributed by atoms with Crippen LogP contribution in [0.5, 0.6) is 0 Å². The lowest BCUT2D eigenvalue weighted by Crippen LogP contribution is -2.46. The number of anilines is 1. The van der Waals surface area contributed by atoms with Gasteiger partial charge in [0, 0.05) is 43.7 Å². The molecule has 1 aliphatic heterocycles. The molecule has 2 heterocycles. The summed E-state index contributed by atoms with van der Waals surface area (Å²) < 4.78 is 0. The van der Waals surface area contributed by atoms with E-state index in [0.29, 0.717) is 12.2 Å². The van der Waals surface area contributed by atoms with Crippen molar-refractivity contribution >= 4 is 28.7 Å². The van der Waals surface area contributed by atoms with Crippen LogP contribution in [0.2, 0.25) is 0 Å². The number of hydrogen-bond donors (Lipinski definition) is 2. The van der Waals surface area contributed by atoms with Crippen LogP contribution in [0.4, 0.5) is 5.82 Å². The molecule has 2 N–H and O–H groups in total. The highest BCUT2D eigenvalue weighted by Crippen LogP contribution is 2.31. The van der Waals surface area contributed by atoms with Gasteiger partial charge in [-0.15, -0.1) is 0 Å². The number of aliphatic carboxylic acids is 2. The molecule has 7 heteroatoms. The van der Waals surface area contributed by atoms with E-state index in [9.17, 15) is 9.59 Å². The number of carbonyl (C=O) groups is 2. The maximum absolute atomic E-state index is 9.55. The minimum atomic E-state index is -1.26. The van der Waals surface area contributed by atoms with Gasteiger partial charge in [-0.3, -0.25) is 0 Å². The summed E-state index contributed by atoms with van der Waals surface area (Å²) in [6.07, 6.45) is 1.12. The zero-order chi connectivity index (χ0) is 22.9. The average molecular weight is 434 g/mol. The molecule has 32 heavy (non-hydrogen) atoms. The van der Waals surface area contributed by atoms with Crippen LogP contribution in [0.25, 0.3) is 22.0 Å². The summed E-state index contributed by atoms with van der Waals surface area (Å²) in [5.74, 6) is -1.41. The van der Waals surface area contributed by atoms with Gasteiger partial charge in [-0.2, -0.15) is 0 Å². The largest absolute Gasteiger partial charge is 0.478 e. The van der Waals surface area contributed by atoms with Crippen LogP contribution in [0, 0.1) is 0 Å². The van der Waals surface area contributed by atoms with E-state index in [1.54, 1.807) is 0 Å². The molecule has 166 valence electrons. The van der Waals surface area contributed by atoms with Gasteiger partial charge in [0.15, 0.2) is 0 Å². The molecule has 0 amide bonds. The molecule has 1 aromatic heterocycles. The molecule has 0 radical (unpaired) electrons. The molecule has 1 fully saturated rings. The van der Waals surface area contributed by atoms with Crippen molar-refractivity contribution < 1.29 is 19.8 Å². The average Bonchev–Trinajstić information content (AvgIpc) is 2.83. The first-order valence-electron chi connectivity index (χ1n) is 10.5. The van der Waals surface area contributed by atoms with Crippen molar-refractivity contribution in [3.05, 3.63) is 72.8 Å². The summed E-state index contributed by atoms with van der Waals surface area (Å²) in [7, 11) is 0. The van der Waals surface area contributed by atoms with Crippen LogP contribution in [-0.4, -0.2) is 64.8 Å². The molecular formula is C25H27N3O4. The van der Waals surface area contributed by atoms with Gasteiger partial charge >= 0.3 is 11.9 Å². The van der Waals surface area contributed by atoms with Crippen LogP contribution in [0.1, 0.15) is 6.92 Å². The monoisotopic (exact) mass is 433 g/mol. The molecule has 4 rings (SSSR count). The Balaban J connectivity index is 0.000000312. The van der Waals surface area contributed by atoms with Crippen molar-refractivity contribution in [1.29, 1.82) is 0 Å². The fourth-order valence-electron chi connectivity index (χ4n) is 3.62. The predicted molar refractivity (Wildman–Crippen MR) is 126 cm³/mol. The molecular weight excluding hydrogens is 406 g/mol.